The Labute approximate surface area is 82.5 Å². The maximum absolute atomic E-state index is 5.83. The standard InChI is InChI=1S/C9H15N5/c10-5-9(8-11-13-14-12-8)4-7(9)3-6-1-2-6/h6-7H,1-5,10H2,(H,11,12,13,14). The van der Waals surface area contributed by atoms with Crippen LogP contribution in [0.5, 0.6) is 0 Å². The third-order valence-corrected chi connectivity index (χ3v) is 3.73. The maximum atomic E-state index is 5.83. The predicted octanol–water partition coefficient (Wildman–Crippen LogP) is 0.216. The summed E-state index contributed by atoms with van der Waals surface area (Å²) in [6.45, 7) is 0.668. The first kappa shape index (κ1) is 8.35. The van der Waals surface area contributed by atoms with Crippen molar-refractivity contribution in [2.45, 2.75) is 31.1 Å². The van der Waals surface area contributed by atoms with Crippen molar-refractivity contribution in [2.75, 3.05) is 6.54 Å². The van der Waals surface area contributed by atoms with Crippen LogP contribution in [-0.4, -0.2) is 27.2 Å². The summed E-state index contributed by atoms with van der Waals surface area (Å²) in [6, 6.07) is 0. The van der Waals surface area contributed by atoms with Crippen LogP contribution in [0.25, 0.3) is 0 Å². The highest BCUT2D eigenvalue weighted by molar-refractivity contribution is 5.22. The van der Waals surface area contributed by atoms with Gasteiger partial charge in [-0.25, -0.2) is 5.10 Å². The highest BCUT2D eigenvalue weighted by atomic mass is 15.5. The lowest BCUT2D eigenvalue weighted by Crippen LogP contribution is -2.24. The molecule has 76 valence electrons. The fourth-order valence-electron chi connectivity index (χ4n) is 2.45. The van der Waals surface area contributed by atoms with E-state index in [4.69, 9.17) is 5.73 Å². The molecule has 2 fully saturated rings. The molecular weight excluding hydrogens is 178 g/mol. The van der Waals surface area contributed by atoms with Crippen LogP contribution in [0.3, 0.4) is 0 Å². The maximum Gasteiger partial charge on any atom is 0.156 e. The Morgan fingerprint density at radius 2 is 2.36 bits per heavy atom. The molecule has 1 aromatic heterocycles. The molecule has 0 saturated heterocycles. The molecule has 2 aliphatic rings. The minimum Gasteiger partial charge on any atom is -0.329 e. The molecule has 2 unspecified atom stereocenters. The van der Waals surface area contributed by atoms with E-state index in [1.54, 1.807) is 0 Å². The summed E-state index contributed by atoms with van der Waals surface area (Å²) in [4.78, 5) is 0. The third kappa shape index (κ3) is 1.15. The van der Waals surface area contributed by atoms with Gasteiger partial charge in [0, 0.05) is 12.0 Å². The van der Waals surface area contributed by atoms with Gasteiger partial charge in [-0.2, -0.15) is 0 Å². The smallest absolute Gasteiger partial charge is 0.156 e. The molecule has 0 amide bonds. The summed E-state index contributed by atoms with van der Waals surface area (Å²) >= 11 is 0. The molecule has 2 atom stereocenters. The largest absolute Gasteiger partial charge is 0.329 e. The van der Waals surface area contributed by atoms with Crippen LogP contribution in [0.2, 0.25) is 0 Å². The van der Waals surface area contributed by atoms with Crippen molar-refractivity contribution in [2.24, 2.45) is 17.6 Å². The Kier molecular flexibility index (Phi) is 1.65. The Bertz CT molecular complexity index is 318. The van der Waals surface area contributed by atoms with E-state index in [1.165, 1.54) is 19.3 Å². The normalized spacial score (nSPS) is 35.9. The summed E-state index contributed by atoms with van der Waals surface area (Å²) in [5.41, 5.74) is 5.92. The second kappa shape index (κ2) is 2.76. The van der Waals surface area contributed by atoms with Gasteiger partial charge in [-0.15, -0.1) is 5.10 Å². The van der Waals surface area contributed by atoms with Gasteiger partial charge in [-0.05, 0) is 35.1 Å². The zero-order valence-corrected chi connectivity index (χ0v) is 8.11. The van der Waals surface area contributed by atoms with Crippen LogP contribution >= 0.6 is 0 Å². The van der Waals surface area contributed by atoms with E-state index in [9.17, 15) is 0 Å². The molecule has 0 aliphatic heterocycles. The number of nitrogens with one attached hydrogen (secondary N) is 1. The second-order valence-corrected chi connectivity index (χ2v) is 4.69. The highest BCUT2D eigenvalue weighted by Gasteiger charge is 2.57. The molecule has 0 aromatic carbocycles. The number of hydrogen-bond acceptors (Lipinski definition) is 4. The molecule has 3 N–H and O–H groups in total. The Morgan fingerprint density at radius 3 is 2.93 bits per heavy atom. The van der Waals surface area contributed by atoms with E-state index < -0.39 is 0 Å². The number of aromatic amines is 1. The summed E-state index contributed by atoms with van der Waals surface area (Å²) in [5.74, 6) is 2.57. The van der Waals surface area contributed by atoms with E-state index in [0.29, 0.717) is 6.54 Å². The molecule has 5 nitrogen and oxygen atoms in total. The number of H-pyrrole nitrogens is 1. The van der Waals surface area contributed by atoms with Crippen molar-refractivity contribution < 1.29 is 0 Å². The Balaban J connectivity index is 1.74. The van der Waals surface area contributed by atoms with Gasteiger partial charge < -0.3 is 5.73 Å². The number of aromatic nitrogens is 4. The molecule has 14 heavy (non-hydrogen) atoms. The molecule has 1 aromatic rings. The topological polar surface area (TPSA) is 80.5 Å². The van der Waals surface area contributed by atoms with Gasteiger partial charge in [-0.3, -0.25) is 0 Å². The SMILES string of the molecule is NCC1(c2nnn[nH]2)CC1CC1CC1. The molecule has 2 aliphatic carbocycles. The lowest BCUT2D eigenvalue weighted by Gasteiger charge is -2.09. The van der Waals surface area contributed by atoms with Crippen molar-refractivity contribution >= 4 is 0 Å². The van der Waals surface area contributed by atoms with Crippen molar-refractivity contribution in [1.29, 1.82) is 0 Å². The van der Waals surface area contributed by atoms with Crippen LogP contribution in [-0.2, 0) is 5.41 Å². The van der Waals surface area contributed by atoms with Crippen LogP contribution in [0, 0.1) is 11.8 Å². The zero-order valence-electron chi connectivity index (χ0n) is 8.11. The molecule has 0 spiro atoms. The molecule has 5 heteroatoms. The van der Waals surface area contributed by atoms with Gasteiger partial charge in [0.1, 0.15) is 0 Å². The first-order chi connectivity index (χ1) is 6.85. The molecular formula is C9H15N5. The van der Waals surface area contributed by atoms with Gasteiger partial charge >= 0.3 is 0 Å². The van der Waals surface area contributed by atoms with Crippen LogP contribution in [0.4, 0.5) is 0 Å². The fraction of sp³-hybridized carbons (Fsp3) is 0.889. The van der Waals surface area contributed by atoms with E-state index >= 15 is 0 Å². The second-order valence-electron chi connectivity index (χ2n) is 4.69. The molecule has 2 saturated carbocycles. The average molecular weight is 193 g/mol. The van der Waals surface area contributed by atoms with E-state index in [1.807, 2.05) is 0 Å². The number of hydrogen-bond donors (Lipinski definition) is 2. The number of rotatable bonds is 4. The molecule has 0 bridgehead atoms. The van der Waals surface area contributed by atoms with E-state index in [2.05, 4.69) is 20.6 Å². The van der Waals surface area contributed by atoms with Crippen LogP contribution in [0.15, 0.2) is 0 Å². The van der Waals surface area contributed by atoms with E-state index in [0.717, 1.165) is 24.1 Å². The fourth-order valence-corrected chi connectivity index (χ4v) is 2.45. The predicted molar refractivity (Wildman–Crippen MR) is 50.4 cm³/mol. The lowest BCUT2D eigenvalue weighted by molar-refractivity contribution is 0.527. The quantitative estimate of drug-likeness (QED) is 0.716. The van der Waals surface area contributed by atoms with Gasteiger partial charge in [0.15, 0.2) is 5.82 Å². The lowest BCUT2D eigenvalue weighted by atomic mass is 10.0. The minimum absolute atomic E-state index is 0.0894. The third-order valence-electron chi connectivity index (χ3n) is 3.73. The highest BCUT2D eigenvalue weighted by Crippen LogP contribution is 2.57. The van der Waals surface area contributed by atoms with Gasteiger partial charge in [0.2, 0.25) is 0 Å². The molecule has 1 heterocycles. The van der Waals surface area contributed by atoms with Crippen molar-refractivity contribution in [1.82, 2.24) is 20.6 Å². The average Bonchev–Trinajstić information content (AvgIpc) is 3.09. The van der Waals surface area contributed by atoms with Crippen LogP contribution < -0.4 is 5.73 Å². The first-order valence-electron chi connectivity index (χ1n) is 5.29. The van der Waals surface area contributed by atoms with Crippen molar-refractivity contribution in [3.8, 4) is 0 Å². The van der Waals surface area contributed by atoms with Crippen molar-refractivity contribution in [3.05, 3.63) is 5.82 Å². The molecule has 0 radical (unpaired) electrons. The number of tetrazole rings is 1. The summed E-state index contributed by atoms with van der Waals surface area (Å²) in [7, 11) is 0. The number of nitrogens with two attached hydrogens (primary N) is 1. The zero-order chi connectivity index (χ0) is 9.60. The summed E-state index contributed by atoms with van der Waals surface area (Å²) in [5, 5.41) is 14.1. The monoisotopic (exact) mass is 193 g/mol. The minimum atomic E-state index is 0.0894. The van der Waals surface area contributed by atoms with Crippen molar-refractivity contribution in [3.63, 3.8) is 0 Å². The van der Waals surface area contributed by atoms with Crippen LogP contribution in [0.1, 0.15) is 31.5 Å². The Hall–Kier alpha value is -0.970. The number of nitrogens with zero attached hydrogens (tertiary/aromatic N) is 3. The van der Waals surface area contributed by atoms with Gasteiger partial charge in [0.25, 0.3) is 0 Å². The summed E-state index contributed by atoms with van der Waals surface area (Å²) < 4.78 is 0. The van der Waals surface area contributed by atoms with Gasteiger partial charge in [0.05, 0.1) is 0 Å². The molecule has 3 rings (SSSR count). The summed E-state index contributed by atoms with van der Waals surface area (Å²) in [6.07, 6.45) is 5.30. The van der Waals surface area contributed by atoms with Gasteiger partial charge in [-0.1, -0.05) is 12.8 Å². The Morgan fingerprint density at radius 1 is 1.50 bits per heavy atom. The van der Waals surface area contributed by atoms with E-state index in [-0.39, 0.29) is 5.41 Å². The first-order valence-corrected chi connectivity index (χ1v) is 5.29.